The second kappa shape index (κ2) is 8.08. The summed E-state index contributed by atoms with van der Waals surface area (Å²) in [6.07, 6.45) is 1.44. The molecule has 0 saturated carbocycles. The average Bonchev–Trinajstić information content (AvgIpc) is 2.66. The van der Waals surface area contributed by atoms with Gasteiger partial charge in [-0.1, -0.05) is 60.7 Å². The van der Waals surface area contributed by atoms with E-state index in [2.05, 4.69) is 9.97 Å². The van der Waals surface area contributed by atoms with Crippen molar-refractivity contribution in [2.24, 2.45) is 5.73 Å². The molecule has 0 atom stereocenters. The molecule has 0 aliphatic heterocycles. The second-order valence-electron chi connectivity index (χ2n) is 5.21. The first-order chi connectivity index (χ1) is 11.9. The van der Waals surface area contributed by atoms with Gasteiger partial charge in [0.2, 0.25) is 5.75 Å². The van der Waals surface area contributed by atoms with Gasteiger partial charge < -0.3 is 15.2 Å². The second-order valence-corrected chi connectivity index (χ2v) is 5.21. The van der Waals surface area contributed by atoms with Crippen LogP contribution in [0, 0.1) is 0 Å². The van der Waals surface area contributed by atoms with Crippen LogP contribution in [0.15, 0.2) is 67.0 Å². The van der Waals surface area contributed by atoms with Gasteiger partial charge in [-0.05, 0) is 11.1 Å². The summed E-state index contributed by atoms with van der Waals surface area (Å²) in [4.78, 5) is 8.38. The Morgan fingerprint density at radius 3 is 1.92 bits per heavy atom. The third-order valence-corrected chi connectivity index (χ3v) is 3.48. The zero-order valence-electron chi connectivity index (χ0n) is 13.3. The maximum atomic E-state index is 5.90. The lowest BCUT2D eigenvalue weighted by molar-refractivity contribution is 0.243. The maximum Gasteiger partial charge on any atom is 0.260 e. The normalized spacial score (nSPS) is 10.4. The minimum Gasteiger partial charge on any atom is -0.482 e. The van der Waals surface area contributed by atoms with Gasteiger partial charge >= 0.3 is 0 Å². The maximum absolute atomic E-state index is 5.90. The van der Waals surface area contributed by atoms with Crippen LogP contribution < -0.4 is 15.2 Å². The molecule has 3 rings (SSSR count). The van der Waals surface area contributed by atoms with Gasteiger partial charge in [-0.2, -0.15) is 4.98 Å². The Morgan fingerprint density at radius 2 is 1.33 bits per heavy atom. The lowest BCUT2D eigenvalue weighted by Crippen LogP contribution is -2.09. The molecule has 0 aliphatic rings. The van der Waals surface area contributed by atoms with Gasteiger partial charge in [0.15, 0.2) is 0 Å². The average molecular weight is 321 g/mol. The molecule has 24 heavy (non-hydrogen) atoms. The predicted molar refractivity (Wildman–Crippen MR) is 91.5 cm³/mol. The number of nitrogens with two attached hydrogens (primary N) is 1. The van der Waals surface area contributed by atoms with Crippen molar-refractivity contribution >= 4 is 0 Å². The van der Waals surface area contributed by atoms with Crippen LogP contribution in [-0.4, -0.2) is 9.97 Å². The van der Waals surface area contributed by atoms with Gasteiger partial charge in [0.05, 0.1) is 0 Å². The highest BCUT2D eigenvalue weighted by Crippen LogP contribution is 2.28. The van der Waals surface area contributed by atoms with Crippen molar-refractivity contribution in [3.8, 4) is 11.6 Å². The lowest BCUT2D eigenvalue weighted by atomic mass is 10.2. The SMILES string of the molecule is NCc1ncnc(OCc2ccccc2)c1OCc1ccccc1. The van der Waals surface area contributed by atoms with E-state index in [-0.39, 0.29) is 6.54 Å². The molecule has 2 aromatic carbocycles. The summed E-state index contributed by atoms with van der Waals surface area (Å²) in [6, 6.07) is 19.8. The topological polar surface area (TPSA) is 70.3 Å². The number of hydrogen-bond acceptors (Lipinski definition) is 5. The minimum absolute atomic E-state index is 0.258. The Labute approximate surface area is 141 Å². The highest BCUT2D eigenvalue weighted by atomic mass is 16.5. The summed E-state index contributed by atoms with van der Waals surface area (Å²) < 4.78 is 11.7. The number of ether oxygens (including phenoxy) is 2. The minimum atomic E-state index is 0.258. The first-order valence-electron chi connectivity index (χ1n) is 7.74. The molecule has 0 bridgehead atoms. The summed E-state index contributed by atoms with van der Waals surface area (Å²) in [5, 5.41) is 0. The molecule has 122 valence electrons. The zero-order chi connectivity index (χ0) is 16.6. The summed E-state index contributed by atoms with van der Waals surface area (Å²) >= 11 is 0. The van der Waals surface area contributed by atoms with Crippen LogP contribution in [0.4, 0.5) is 0 Å². The molecule has 0 spiro atoms. The summed E-state index contributed by atoms with van der Waals surface area (Å²) in [7, 11) is 0. The van der Waals surface area contributed by atoms with Crippen molar-refractivity contribution in [2.45, 2.75) is 19.8 Å². The van der Waals surface area contributed by atoms with Crippen molar-refractivity contribution in [1.29, 1.82) is 0 Å². The fraction of sp³-hybridized carbons (Fsp3) is 0.158. The van der Waals surface area contributed by atoms with Crippen LogP contribution >= 0.6 is 0 Å². The van der Waals surface area contributed by atoms with E-state index >= 15 is 0 Å². The smallest absolute Gasteiger partial charge is 0.260 e. The van der Waals surface area contributed by atoms with Gasteiger partial charge in [-0.25, -0.2) is 4.98 Å². The van der Waals surface area contributed by atoms with Crippen molar-refractivity contribution in [1.82, 2.24) is 9.97 Å². The fourth-order valence-corrected chi connectivity index (χ4v) is 2.24. The summed E-state index contributed by atoms with van der Waals surface area (Å²) in [6.45, 7) is 1.07. The number of hydrogen-bond donors (Lipinski definition) is 1. The summed E-state index contributed by atoms with van der Waals surface area (Å²) in [5.41, 5.74) is 8.51. The number of rotatable bonds is 7. The van der Waals surface area contributed by atoms with E-state index in [9.17, 15) is 0 Å². The van der Waals surface area contributed by atoms with Crippen molar-refractivity contribution in [3.05, 3.63) is 83.8 Å². The number of benzene rings is 2. The van der Waals surface area contributed by atoms with Crippen molar-refractivity contribution in [2.75, 3.05) is 0 Å². The molecule has 5 nitrogen and oxygen atoms in total. The molecular weight excluding hydrogens is 302 g/mol. The van der Waals surface area contributed by atoms with Crippen LogP contribution in [0.1, 0.15) is 16.8 Å². The van der Waals surface area contributed by atoms with Gasteiger partial charge in [-0.15, -0.1) is 0 Å². The van der Waals surface area contributed by atoms with E-state index in [1.54, 1.807) is 0 Å². The molecule has 5 heteroatoms. The molecule has 0 radical (unpaired) electrons. The van der Waals surface area contributed by atoms with E-state index in [1.807, 2.05) is 60.7 Å². The number of aromatic nitrogens is 2. The van der Waals surface area contributed by atoms with E-state index in [0.29, 0.717) is 30.5 Å². The molecule has 3 aromatic rings. The molecule has 1 aromatic heterocycles. The van der Waals surface area contributed by atoms with E-state index in [1.165, 1.54) is 6.33 Å². The van der Waals surface area contributed by atoms with Crippen molar-refractivity contribution in [3.63, 3.8) is 0 Å². The molecule has 2 N–H and O–H groups in total. The van der Waals surface area contributed by atoms with Crippen LogP contribution in [0.3, 0.4) is 0 Å². The molecular formula is C19H19N3O2. The Hall–Kier alpha value is -2.92. The zero-order valence-corrected chi connectivity index (χ0v) is 13.3. The third-order valence-electron chi connectivity index (χ3n) is 3.48. The predicted octanol–water partition coefficient (Wildman–Crippen LogP) is 3.09. The summed E-state index contributed by atoms with van der Waals surface area (Å²) in [5.74, 6) is 0.907. The Bertz CT molecular complexity index is 764. The van der Waals surface area contributed by atoms with Crippen LogP contribution in [0.25, 0.3) is 0 Å². The highest BCUT2D eigenvalue weighted by molar-refractivity contribution is 5.37. The molecule has 0 saturated heterocycles. The lowest BCUT2D eigenvalue weighted by Gasteiger charge is -2.14. The Balaban J connectivity index is 1.75. The van der Waals surface area contributed by atoms with E-state index in [4.69, 9.17) is 15.2 Å². The standard InChI is InChI=1S/C19H19N3O2/c20-11-17-18(23-12-15-7-3-1-4-8-15)19(22-14-21-17)24-13-16-9-5-2-6-10-16/h1-10,14H,11-13,20H2. The monoisotopic (exact) mass is 321 g/mol. The molecule has 0 aliphatic carbocycles. The third kappa shape index (κ3) is 4.08. The van der Waals surface area contributed by atoms with Crippen LogP contribution in [0.5, 0.6) is 11.6 Å². The van der Waals surface area contributed by atoms with Crippen LogP contribution in [-0.2, 0) is 19.8 Å². The van der Waals surface area contributed by atoms with Gasteiger partial charge in [0, 0.05) is 6.54 Å². The largest absolute Gasteiger partial charge is 0.482 e. The first-order valence-corrected chi connectivity index (χ1v) is 7.74. The first kappa shape index (κ1) is 16.0. The Morgan fingerprint density at radius 1 is 0.750 bits per heavy atom. The highest BCUT2D eigenvalue weighted by Gasteiger charge is 2.14. The quantitative estimate of drug-likeness (QED) is 0.724. The molecule has 0 amide bonds. The molecule has 0 fully saturated rings. The Kier molecular flexibility index (Phi) is 5.37. The van der Waals surface area contributed by atoms with Gasteiger partial charge in [0.1, 0.15) is 25.2 Å². The van der Waals surface area contributed by atoms with Gasteiger partial charge in [-0.3, -0.25) is 0 Å². The number of nitrogens with zero attached hydrogens (tertiary/aromatic N) is 2. The van der Waals surface area contributed by atoms with E-state index < -0.39 is 0 Å². The van der Waals surface area contributed by atoms with Gasteiger partial charge in [0.25, 0.3) is 5.88 Å². The van der Waals surface area contributed by atoms with Crippen LogP contribution in [0.2, 0.25) is 0 Å². The molecule has 1 heterocycles. The fourth-order valence-electron chi connectivity index (χ4n) is 2.24. The van der Waals surface area contributed by atoms with Crippen molar-refractivity contribution < 1.29 is 9.47 Å². The van der Waals surface area contributed by atoms with E-state index in [0.717, 1.165) is 11.1 Å². The molecule has 0 unspecified atom stereocenters.